The van der Waals surface area contributed by atoms with E-state index in [4.69, 9.17) is 13.9 Å². The monoisotopic (exact) mass is 366 g/mol. The molecule has 0 N–H and O–H groups in total. The maximum atomic E-state index is 13.0. The van der Waals surface area contributed by atoms with Gasteiger partial charge in [-0.05, 0) is 13.8 Å². The molecule has 1 aromatic carbocycles. The van der Waals surface area contributed by atoms with Crippen LogP contribution < -0.4 is 0 Å². The number of benzene rings is 1. The van der Waals surface area contributed by atoms with Crippen LogP contribution in [0.5, 0.6) is 0 Å². The number of hydrogen-bond donors (Lipinski definition) is 0. The lowest BCUT2D eigenvalue weighted by Crippen LogP contribution is -2.25. The van der Waals surface area contributed by atoms with Crippen LogP contribution in [0.1, 0.15) is 26.5 Å². The van der Waals surface area contributed by atoms with Gasteiger partial charge in [-0.25, -0.2) is 4.68 Å². The smallest absolute Gasteiger partial charge is 0.308 e. The summed E-state index contributed by atoms with van der Waals surface area (Å²) in [4.78, 5) is 5.81. The van der Waals surface area contributed by atoms with Gasteiger partial charge < -0.3 is 9.05 Å². The molecule has 1 aromatic heterocycles. The normalized spacial score (nSPS) is 21.7. The summed E-state index contributed by atoms with van der Waals surface area (Å²) in [6.45, 7) is 4.21. The molecule has 1 saturated heterocycles. The predicted octanol–water partition coefficient (Wildman–Crippen LogP) is 3.30. The molecule has 0 saturated carbocycles. The number of hydroxylamine groups is 2. The first-order valence-corrected chi connectivity index (χ1v) is 9.94. The third kappa shape index (κ3) is 3.83. The first-order chi connectivity index (χ1) is 12.1. The molecule has 0 amide bonds. The van der Waals surface area contributed by atoms with Gasteiger partial charge in [-0.2, -0.15) is 5.06 Å². The van der Waals surface area contributed by atoms with Gasteiger partial charge in [0.2, 0.25) is 0 Å². The lowest BCUT2D eigenvalue weighted by molar-refractivity contribution is -0.162. The Morgan fingerprint density at radius 2 is 1.92 bits per heavy atom. The fourth-order valence-electron chi connectivity index (χ4n) is 2.85. The number of hydrogen-bond acceptors (Lipinski definition) is 7. The summed E-state index contributed by atoms with van der Waals surface area (Å²) in [6.07, 6.45) is 1.85. The Kier molecular flexibility index (Phi) is 5.66. The molecule has 0 bridgehead atoms. The summed E-state index contributed by atoms with van der Waals surface area (Å²) in [5, 5.41) is 9.90. The second-order valence-corrected chi connectivity index (χ2v) is 7.84. The van der Waals surface area contributed by atoms with Crippen LogP contribution in [-0.2, 0) is 18.5 Å². The minimum Gasteiger partial charge on any atom is -0.308 e. The molecule has 1 aliphatic heterocycles. The zero-order valence-corrected chi connectivity index (χ0v) is 15.5. The van der Waals surface area contributed by atoms with E-state index in [9.17, 15) is 4.57 Å². The van der Waals surface area contributed by atoms with Gasteiger partial charge in [-0.15, -0.1) is 5.10 Å². The van der Waals surface area contributed by atoms with Gasteiger partial charge >= 0.3 is 7.60 Å². The largest absolute Gasteiger partial charge is 0.350 e. The van der Waals surface area contributed by atoms with Gasteiger partial charge in [0, 0.05) is 19.0 Å². The summed E-state index contributed by atoms with van der Waals surface area (Å²) < 4.78 is 25.6. The molecule has 25 heavy (non-hydrogen) atoms. The zero-order valence-electron chi connectivity index (χ0n) is 14.6. The highest BCUT2D eigenvalue weighted by molar-refractivity contribution is 7.54. The van der Waals surface area contributed by atoms with Crippen LogP contribution in [0, 0.1) is 0 Å². The minimum absolute atomic E-state index is 0.313. The van der Waals surface area contributed by atoms with E-state index in [0.29, 0.717) is 19.6 Å². The first kappa shape index (κ1) is 18.2. The van der Waals surface area contributed by atoms with Crippen molar-refractivity contribution in [3.8, 4) is 11.3 Å². The van der Waals surface area contributed by atoms with Crippen molar-refractivity contribution in [3.63, 3.8) is 0 Å². The third-order valence-electron chi connectivity index (χ3n) is 3.98. The average molecular weight is 366 g/mol. The van der Waals surface area contributed by atoms with Crippen molar-refractivity contribution in [2.45, 2.75) is 32.3 Å². The fraction of sp³-hybridized carbons (Fsp3) is 0.500. The van der Waals surface area contributed by atoms with Crippen LogP contribution in [-0.4, -0.2) is 46.1 Å². The van der Waals surface area contributed by atoms with Gasteiger partial charge in [-0.1, -0.05) is 35.5 Å². The molecule has 0 unspecified atom stereocenters. The van der Waals surface area contributed by atoms with E-state index in [1.165, 1.54) is 0 Å². The van der Waals surface area contributed by atoms with Crippen LogP contribution in [0.3, 0.4) is 0 Å². The summed E-state index contributed by atoms with van der Waals surface area (Å²) in [5.41, 5.74) is 1.74. The second-order valence-electron chi connectivity index (χ2n) is 5.65. The van der Waals surface area contributed by atoms with Crippen molar-refractivity contribution in [3.05, 3.63) is 36.5 Å². The number of rotatable bonds is 7. The summed E-state index contributed by atoms with van der Waals surface area (Å²) >= 11 is 0. The number of nitrogens with zero attached hydrogens (tertiary/aromatic N) is 4. The van der Waals surface area contributed by atoms with E-state index in [1.54, 1.807) is 30.6 Å². The molecule has 8 nitrogen and oxygen atoms in total. The molecule has 0 radical (unpaired) electrons. The van der Waals surface area contributed by atoms with Gasteiger partial charge in [0.05, 0.1) is 19.4 Å². The van der Waals surface area contributed by atoms with Crippen LogP contribution in [0.4, 0.5) is 0 Å². The lowest BCUT2D eigenvalue weighted by atomic mass is 10.2. The van der Waals surface area contributed by atoms with Crippen molar-refractivity contribution >= 4 is 7.60 Å². The van der Waals surface area contributed by atoms with Crippen LogP contribution in [0.15, 0.2) is 36.5 Å². The molecule has 9 heteroatoms. The van der Waals surface area contributed by atoms with Crippen LogP contribution in [0.25, 0.3) is 11.3 Å². The Balaban J connectivity index is 1.77. The fourth-order valence-corrected chi connectivity index (χ4v) is 4.88. The quantitative estimate of drug-likeness (QED) is 0.696. The first-order valence-electron chi connectivity index (χ1n) is 8.33. The van der Waals surface area contributed by atoms with E-state index in [1.807, 2.05) is 36.5 Å². The van der Waals surface area contributed by atoms with Crippen molar-refractivity contribution in [2.75, 3.05) is 20.3 Å². The van der Waals surface area contributed by atoms with Gasteiger partial charge in [0.1, 0.15) is 11.5 Å². The predicted molar refractivity (Wildman–Crippen MR) is 92.6 cm³/mol. The minimum atomic E-state index is -3.29. The highest BCUT2D eigenvalue weighted by atomic mass is 31.2. The van der Waals surface area contributed by atoms with E-state index in [-0.39, 0.29) is 0 Å². The molecule has 1 fully saturated rings. The van der Waals surface area contributed by atoms with E-state index in [2.05, 4.69) is 10.3 Å². The van der Waals surface area contributed by atoms with Crippen LogP contribution >= 0.6 is 7.60 Å². The average Bonchev–Trinajstić information content (AvgIpc) is 3.23. The van der Waals surface area contributed by atoms with Gasteiger partial charge in [0.15, 0.2) is 6.23 Å². The SMILES string of the molecule is CCOP(=O)(OCC)[C@@H]1C[C@H](n2cc(-c3ccccc3)nn2)ON1C. The van der Waals surface area contributed by atoms with E-state index >= 15 is 0 Å². The Morgan fingerprint density at radius 1 is 1.24 bits per heavy atom. The highest BCUT2D eigenvalue weighted by Crippen LogP contribution is 2.58. The molecular weight excluding hydrogens is 343 g/mol. The second kappa shape index (κ2) is 7.76. The Morgan fingerprint density at radius 3 is 2.56 bits per heavy atom. The Bertz CT molecular complexity index is 729. The van der Waals surface area contributed by atoms with E-state index < -0.39 is 19.6 Å². The van der Waals surface area contributed by atoms with Gasteiger partial charge in [-0.3, -0.25) is 9.40 Å². The van der Waals surface area contributed by atoms with Crippen molar-refractivity contribution in [2.24, 2.45) is 0 Å². The van der Waals surface area contributed by atoms with Crippen molar-refractivity contribution < 1.29 is 18.5 Å². The third-order valence-corrected chi connectivity index (χ3v) is 6.48. The number of aromatic nitrogens is 3. The zero-order chi connectivity index (χ0) is 17.9. The Hall–Kier alpha value is -1.57. The lowest BCUT2D eigenvalue weighted by Gasteiger charge is -2.25. The summed E-state index contributed by atoms with van der Waals surface area (Å²) in [6, 6.07) is 9.79. The molecule has 2 aromatic rings. The molecule has 0 aliphatic carbocycles. The molecule has 1 aliphatic rings. The van der Waals surface area contributed by atoms with Crippen molar-refractivity contribution in [1.29, 1.82) is 0 Å². The molecule has 136 valence electrons. The van der Waals surface area contributed by atoms with E-state index in [0.717, 1.165) is 11.3 Å². The van der Waals surface area contributed by atoms with Gasteiger partial charge in [0.25, 0.3) is 0 Å². The van der Waals surface area contributed by atoms with Crippen LogP contribution in [0.2, 0.25) is 0 Å². The standard InChI is InChI=1S/C16H23N4O4P/c1-4-22-25(21,23-5-2)16-11-15(24-19(16)3)20-12-14(17-18-20)13-9-7-6-8-10-13/h6-10,12,15-16H,4-5,11H2,1-3H3/t15-,16-/m1/s1. The molecule has 2 atom stereocenters. The summed E-state index contributed by atoms with van der Waals surface area (Å²) in [5.74, 6) is -0.484. The highest BCUT2D eigenvalue weighted by Gasteiger charge is 2.46. The molecular formula is C16H23N4O4P. The maximum absolute atomic E-state index is 13.0. The maximum Gasteiger partial charge on any atom is 0.350 e. The molecule has 2 heterocycles. The topological polar surface area (TPSA) is 78.7 Å². The Labute approximate surface area is 147 Å². The molecule has 0 spiro atoms. The van der Waals surface area contributed by atoms with Crippen molar-refractivity contribution in [1.82, 2.24) is 20.1 Å². The summed E-state index contributed by atoms with van der Waals surface area (Å²) in [7, 11) is -1.57. The molecule has 3 rings (SSSR count).